The Morgan fingerprint density at radius 1 is 1.23 bits per heavy atom. The van der Waals surface area contributed by atoms with Gasteiger partial charge in [0.2, 0.25) is 0 Å². The summed E-state index contributed by atoms with van der Waals surface area (Å²) in [5, 5.41) is 8.18. The molecule has 1 aromatic heterocycles. The number of para-hydroxylation sites is 1. The van der Waals surface area contributed by atoms with Crippen molar-refractivity contribution in [3.05, 3.63) is 42.1 Å². The van der Waals surface area contributed by atoms with Crippen molar-refractivity contribution in [1.29, 1.82) is 0 Å². The fourth-order valence-corrected chi connectivity index (χ4v) is 3.53. The Hall–Kier alpha value is -2.14. The Morgan fingerprint density at radius 3 is 2.73 bits per heavy atom. The van der Waals surface area contributed by atoms with Gasteiger partial charge in [0.05, 0.1) is 12.1 Å². The van der Waals surface area contributed by atoms with Crippen LogP contribution in [0.3, 0.4) is 0 Å². The number of fused-ring (bicyclic) bond motifs is 1. The third kappa shape index (κ3) is 4.73. The number of aromatic nitrogens is 1. The topological polar surface area (TPSA) is 52.6 Å². The minimum absolute atomic E-state index is 0.494. The van der Waals surface area contributed by atoms with E-state index >= 15 is 0 Å². The molecule has 1 aromatic carbocycles. The molecular formula is C21H31N5. The molecule has 1 saturated heterocycles. The number of aliphatic imine (C=N–C) groups is 1. The van der Waals surface area contributed by atoms with Crippen LogP contribution in [-0.2, 0) is 6.54 Å². The molecule has 140 valence electrons. The van der Waals surface area contributed by atoms with E-state index < -0.39 is 0 Å². The van der Waals surface area contributed by atoms with Gasteiger partial charge in [0.1, 0.15) is 0 Å². The number of pyridine rings is 1. The molecule has 1 aliphatic heterocycles. The van der Waals surface area contributed by atoms with Gasteiger partial charge in [-0.15, -0.1) is 0 Å². The Kier molecular flexibility index (Phi) is 6.45. The fourth-order valence-electron chi connectivity index (χ4n) is 3.53. The molecule has 0 spiro atoms. The molecule has 2 N–H and O–H groups in total. The molecule has 3 rings (SSSR count). The fraction of sp³-hybridized carbons (Fsp3) is 0.524. The average molecular weight is 354 g/mol. The number of nitrogens with one attached hydrogen (secondary N) is 2. The van der Waals surface area contributed by atoms with Crippen molar-refractivity contribution in [2.45, 2.75) is 52.2 Å². The zero-order valence-corrected chi connectivity index (χ0v) is 16.2. The minimum Gasteiger partial charge on any atom is -0.357 e. The number of benzene rings is 1. The lowest BCUT2D eigenvalue weighted by Gasteiger charge is -2.35. The van der Waals surface area contributed by atoms with Gasteiger partial charge in [-0.05, 0) is 45.2 Å². The number of rotatable bonds is 5. The Balaban J connectivity index is 1.66. The molecule has 0 radical (unpaired) electrons. The van der Waals surface area contributed by atoms with E-state index in [0.717, 1.165) is 36.7 Å². The molecule has 0 bridgehead atoms. The lowest BCUT2D eigenvalue weighted by atomic mass is 10.0. The van der Waals surface area contributed by atoms with Crippen LogP contribution in [0.5, 0.6) is 0 Å². The van der Waals surface area contributed by atoms with Gasteiger partial charge in [-0.2, -0.15) is 0 Å². The summed E-state index contributed by atoms with van der Waals surface area (Å²) in [6, 6.07) is 11.5. The van der Waals surface area contributed by atoms with Crippen LogP contribution < -0.4 is 10.6 Å². The van der Waals surface area contributed by atoms with Gasteiger partial charge in [-0.25, -0.2) is 4.99 Å². The molecule has 0 atom stereocenters. The van der Waals surface area contributed by atoms with Gasteiger partial charge in [0.15, 0.2) is 5.96 Å². The molecule has 1 aliphatic rings. The van der Waals surface area contributed by atoms with Gasteiger partial charge >= 0.3 is 0 Å². The molecule has 0 aliphatic carbocycles. The van der Waals surface area contributed by atoms with Crippen LogP contribution in [0.2, 0.25) is 0 Å². The summed E-state index contributed by atoms with van der Waals surface area (Å²) < 4.78 is 0. The first-order valence-corrected chi connectivity index (χ1v) is 9.79. The molecule has 0 unspecified atom stereocenters. The predicted molar refractivity (Wildman–Crippen MR) is 109 cm³/mol. The van der Waals surface area contributed by atoms with E-state index in [-0.39, 0.29) is 0 Å². The average Bonchev–Trinajstić information content (AvgIpc) is 2.66. The zero-order chi connectivity index (χ0) is 18.4. The van der Waals surface area contributed by atoms with Gasteiger partial charge in [-0.3, -0.25) is 4.98 Å². The molecule has 1 fully saturated rings. The van der Waals surface area contributed by atoms with E-state index in [1.165, 1.54) is 18.2 Å². The predicted octanol–water partition coefficient (Wildman–Crippen LogP) is 3.16. The monoisotopic (exact) mass is 353 g/mol. The summed E-state index contributed by atoms with van der Waals surface area (Å²) in [7, 11) is 0. The Bertz CT molecular complexity index is 727. The molecule has 5 heteroatoms. The molecule has 26 heavy (non-hydrogen) atoms. The summed E-state index contributed by atoms with van der Waals surface area (Å²) in [4.78, 5) is 11.9. The van der Waals surface area contributed by atoms with Crippen LogP contribution in [0.1, 0.15) is 39.2 Å². The van der Waals surface area contributed by atoms with Crippen LogP contribution >= 0.6 is 0 Å². The largest absolute Gasteiger partial charge is 0.357 e. The summed E-state index contributed by atoms with van der Waals surface area (Å²) in [5.41, 5.74) is 2.20. The zero-order valence-electron chi connectivity index (χ0n) is 16.2. The van der Waals surface area contributed by atoms with Crippen molar-refractivity contribution >= 4 is 16.9 Å². The smallest absolute Gasteiger partial charge is 0.191 e. The second kappa shape index (κ2) is 8.99. The molecule has 0 amide bonds. The first kappa shape index (κ1) is 18.6. The van der Waals surface area contributed by atoms with E-state index in [0.29, 0.717) is 18.6 Å². The summed E-state index contributed by atoms with van der Waals surface area (Å²) in [5.74, 6) is 0.906. The number of piperidine rings is 1. The summed E-state index contributed by atoms with van der Waals surface area (Å²) in [6.45, 7) is 10.5. The first-order chi connectivity index (χ1) is 12.7. The second-order valence-electron chi connectivity index (χ2n) is 7.24. The SMILES string of the molecule is CCNC(=NCc1cccc2cccnc12)NC1CCN(C(C)C)CC1. The Labute approximate surface area is 156 Å². The number of likely N-dealkylation sites (tertiary alicyclic amines) is 1. The minimum atomic E-state index is 0.494. The molecule has 2 heterocycles. The molecule has 0 saturated carbocycles. The quantitative estimate of drug-likeness (QED) is 0.640. The maximum Gasteiger partial charge on any atom is 0.191 e. The van der Waals surface area contributed by atoms with E-state index in [1.54, 1.807) is 0 Å². The van der Waals surface area contributed by atoms with Gasteiger partial charge < -0.3 is 15.5 Å². The van der Waals surface area contributed by atoms with Crippen LogP contribution in [0, 0.1) is 0 Å². The second-order valence-corrected chi connectivity index (χ2v) is 7.24. The number of hydrogen-bond donors (Lipinski definition) is 2. The Morgan fingerprint density at radius 2 is 2.00 bits per heavy atom. The molecule has 2 aromatic rings. The van der Waals surface area contributed by atoms with Crippen LogP contribution in [0.25, 0.3) is 10.9 Å². The van der Waals surface area contributed by atoms with E-state index in [2.05, 4.69) is 65.6 Å². The summed E-state index contributed by atoms with van der Waals surface area (Å²) >= 11 is 0. The van der Waals surface area contributed by atoms with Crippen LogP contribution in [0.15, 0.2) is 41.5 Å². The molecular weight excluding hydrogens is 322 g/mol. The molecule has 5 nitrogen and oxygen atoms in total. The third-order valence-corrected chi connectivity index (χ3v) is 5.07. The lowest BCUT2D eigenvalue weighted by molar-refractivity contribution is 0.167. The van der Waals surface area contributed by atoms with E-state index in [4.69, 9.17) is 4.99 Å². The standard InChI is InChI=1S/C21H31N5/c1-4-22-21(25-19-10-13-26(14-11-19)16(2)3)24-15-18-8-5-7-17-9-6-12-23-20(17)18/h5-9,12,16,19H,4,10-11,13-15H2,1-3H3,(H2,22,24,25). The van der Waals surface area contributed by atoms with Gasteiger partial charge in [-0.1, -0.05) is 24.3 Å². The highest BCUT2D eigenvalue weighted by atomic mass is 15.2. The van der Waals surface area contributed by atoms with Crippen LogP contribution in [-0.4, -0.2) is 47.6 Å². The van der Waals surface area contributed by atoms with Gasteiger partial charge in [0.25, 0.3) is 0 Å². The van der Waals surface area contributed by atoms with Crippen molar-refractivity contribution in [3.63, 3.8) is 0 Å². The number of hydrogen-bond acceptors (Lipinski definition) is 3. The lowest BCUT2D eigenvalue weighted by Crippen LogP contribution is -2.49. The van der Waals surface area contributed by atoms with Crippen molar-refractivity contribution < 1.29 is 0 Å². The highest BCUT2D eigenvalue weighted by Gasteiger charge is 2.21. The number of nitrogens with zero attached hydrogens (tertiary/aromatic N) is 3. The third-order valence-electron chi connectivity index (χ3n) is 5.07. The maximum absolute atomic E-state index is 4.82. The van der Waals surface area contributed by atoms with Crippen molar-refractivity contribution in [1.82, 2.24) is 20.5 Å². The maximum atomic E-state index is 4.82. The number of guanidine groups is 1. The first-order valence-electron chi connectivity index (χ1n) is 9.79. The highest BCUT2D eigenvalue weighted by Crippen LogP contribution is 2.17. The highest BCUT2D eigenvalue weighted by molar-refractivity contribution is 5.83. The van der Waals surface area contributed by atoms with Crippen molar-refractivity contribution in [3.8, 4) is 0 Å². The summed E-state index contributed by atoms with van der Waals surface area (Å²) in [6.07, 6.45) is 4.18. The van der Waals surface area contributed by atoms with E-state index in [1.807, 2.05) is 12.3 Å². The van der Waals surface area contributed by atoms with Crippen molar-refractivity contribution in [2.24, 2.45) is 4.99 Å². The van der Waals surface area contributed by atoms with Crippen LogP contribution in [0.4, 0.5) is 0 Å². The van der Waals surface area contributed by atoms with Gasteiger partial charge in [0, 0.05) is 43.3 Å². The van der Waals surface area contributed by atoms with Crippen molar-refractivity contribution in [2.75, 3.05) is 19.6 Å². The van der Waals surface area contributed by atoms with E-state index in [9.17, 15) is 0 Å². The normalized spacial score (nSPS) is 17.0.